The second-order valence-corrected chi connectivity index (χ2v) is 7.24. The van der Waals surface area contributed by atoms with E-state index in [2.05, 4.69) is 9.88 Å². The van der Waals surface area contributed by atoms with Crippen molar-refractivity contribution < 1.29 is 9.59 Å². The average Bonchev–Trinajstić information content (AvgIpc) is 3.10. The number of carbonyl (C=O) groups excluding carboxylic acids is 2. The van der Waals surface area contributed by atoms with E-state index in [1.165, 1.54) is 0 Å². The summed E-state index contributed by atoms with van der Waals surface area (Å²) in [6, 6.07) is 13.8. The minimum absolute atomic E-state index is 0.0318. The van der Waals surface area contributed by atoms with Crippen LogP contribution in [0.2, 0.25) is 0 Å². The maximum atomic E-state index is 12.9. The van der Waals surface area contributed by atoms with E-state index in [0.29, 0.717) is 26.1 Å². The van der Waals surface area contributed by atoms with E-state index in [0.717, 1.165) is 30.2 Å². The number of hydrogen-bond acceptors (Lipinski definition) is 4. The standard InChI is InChI=1S/C21H24N4O2/c1-16-5-7-18(8-6-16)25-15-17(14-20(25)26)21(27)24-12-10-23(11-13-24)19-4-2-3-9-22-19/h2-9,17H,10-15H2,1H3/t17-/m1/s1. The van der Waals surface area contributed by atoms with Gasteiger partial charge in [-0.25, -0.2) is 4.98 Å². The lowest BCUT2D eigenvalue weighted by Crippen LogP contribution is -2.51. The van der Waals surface area contributed by atoms with Gasteiger partial charge in [-0.2, -0.15) is 0 Å². The Bertz CT molecular complexity index is 814. The second-order valence-electron chi connectivity index (χ2n) is 7.24. The third-order valence-corrected chi connectivity index (χ3v) is 5.38. The molecule has 4 rings (SSSR count). The smallest absolute Gasteiger partial charge is 0.228 e. The van der Waals surface area contributed by atoms with E-state index < -0.39 is 0 Å². The number of carbonyl (C=O) groups is 2. The number of rotatable bonds is 3. The number of nitrogens with zero attached hydrogens (tertiary/aromatic N) is 4. The van der Waals surface area contributed by atoms with Crippen molar-refractivity contribution in [1.82, 2.24) is 9.88 Å². The van der Waals surface area contributed by atoms with Crippen LogP contribution in [0, 0.1) is 12.8 Å². The molecule has 2 fully saturated rings. The SMILES string of the molecule is Cc1ccc(N2C[C@H](C(=O)N3CCN(c4ccccn4)CC3)CC2=O)cc1. The van der Waals surface area contributed by atoms with Gasteiger partial charge in [-0.15, -0.1) is 0 Å². The van der Waals surface area contributed by atoms with Crippen LogP contribution in [0.25, 0.3) is 0 Å². The molecule has 0 spiro atoms. The van der Waals surface area contributed by atoms with Crippen molar-refractivity contribution in [3.05, 3.63) is 54.2 Å². The van der Waals surface area contributed by atoms with E-state index in [9.17, 15) is 9.59 Å². The van der Waals surface area contributed by atoms with Crippen LogP contribution >= 0.6 is 0 Å². The van der Waals surface area contributed by atoms with Gasteiger partial charge in [0.25, 0.3) is 0 Å². The zero-order chi connectivity index (χ0) is 18.8. The summed E-state index contributed by atoms with van der Waals surface area (Å²) in [5, 5.41) is 0. The molecule has 0 unspecified atom stereocenters. The van der Waals surface area contributed by atoms with E-state index in [-0.39, 0.29) is 17.7 Å². The summed E-state index contributed by atoms with van der Waals surface area (Å²) in [4.78, 5) is 35.6. The molecule has 0 aliphatic carbocycles. The predicted octanol–water partition coefficient (Wildman–Crippen LogP) is 2.09. The van der Waals surface area contributed by atoms with Crippen LogP contribution in [0.1, 0.15) is 12.0 Å². The van der Waals surface area contributed by atoms with Crippen LogP contribution in [0.4, 0.5) is 11.5 Å². The molecule has 140 valence electrons. The largest absolute Gasteiger partial charge is 0.353 e. The second kappa shape index (κ2) is 7.39. The van der Waals surface area contributed by atoms with Gasteiger partial charge in [0.15, 0.2) is 0 Å². The van der Waals surface area contributed by atoms with Crippen molar-refractivity contribution in [3.8, 4) is 0 Å². The fraction of sp³-hybridized carbons (Fsp3) is 0.381. The first-order valence-electron chi connectivity index (χ1n) is 9.43. The molecule has 6 heteroatoms. The third-order valence-electron chi connectivity index (χ3n) is 5.38. The third kappa shape index (κ3) is 3.65. The van der Waals surface area contributed by atoms with Gasteiger partial charge in [0, 0.05) is 51.0 Å². The van der Waals surface area contributed by atoms with Crippen molar-refractivity contribution in [3.63, 3.8) is 0 Å². The molecule has 0 radical (unpaired) electrons. The van der Waals surface area contributed by atoms with Gasteiger partial charge in [-0.1, -0.05) is 23.8 Å². The van der Waals surface area contributed by atoms with Gasteiger partial charge < -0.3 is 14.7 Å². The fourth-order valence-electron chi connectivity index (χ4n) is 3.80. The molecule has 6 nitrogen and oxygen atoms in total. The molecule has 2 amide bonds. The van der Waals surface area contributed by atoms with Crippen LogP contribution in [-0.2, 0) is 9.59 Å². The van der Waals surface area contributed by atoms with Crippen molar-refractivity contribution in [2.24, 2.45) is 5.92 Å². The summed E-state index contributed by atoms with van der Waals surface area (Å²) in [7, 11) is 0. The maximum absolute atomic E-state index is 12.9. The van der Waals surface area contributed by atoms with Gasteiger partial charge in [0.05, 0.1) is 5.92 Å². The predicted molar refractivity (Wildman–Crippen MR) is 105 cm³/mol. The Morgan fingerprint density at radius 1 is 1.04 bits per heavy atom. The summed E-state index contributed by atoms with van der Waals surface area (Å²) >= 11 is 0. The lowest BCUT2D eigenvalue weighted by molar-refractivity contribution is -0.136. The van der Waals surface area contributed by atoms with Gasteiger partial charge in [-0.05, 0) is 31.2 Å². The van der Waals surface area contributed by atoms with Gasteiger partial charge in [0.2, 0.25) is 11.8 Å². The van der Waals surface area contributed by atoms with Crippen LogP contribution in [-0.4, -0.2) is 54.4 Å². The lowest BCUT2D eigenvalue weighted by atomic mass is 10.1. The minimum Gasteiger partial charge on any atom is -0.353 e. The van der Waals surface area contributed by atoms with Crippen LogP contribution in [0.5, 0.6) is 0 Å². The lowest BCUT2D eigenvalue weighted by Gasteiger charge is -2.36. The highest BCUT2D eigenvalue weighted by Gasteiger charge is 2.37. The highest BCUT2D eigenvalue weighted by molar-refractivity contribution is 6.00. The van der Waals surface area contributed by atoms with Crippen LogP contribution in [0.3, 0.4) is 0 Å². The normalized spacial score (nSPS) is 20.3. The molecule has 2 aliphatic heterocycles. The van der Waals surface area contributed by atoms with Gasteiger partial charge >= 0.3 is 0 Å². The highest BCUT2D eigenvalue weighted by Crippen LogP contribution is 2.27. The maximum Gasteiger partial charge on any atom is 0.228 e. The molecular formula is C21H24N4O2. The summed E-state index contributed by atoms with van der Waals surface area (Å²) in [6.07, 6.45) is 2.09. The van der Waals surface area contributed by atoms with E-state index >= 15 is 0 Å². The Labute approximate surface area is 159 Å². The first kappa shape index (κ1) is 17.5. The topological polar surface area (TPSA) is 56.8 Å². The quantitative estimate of drug-likeness (QED) is 0.837. The monoisotopic (exact) mass is 364 g/mol. The Kier molecular flexibility index (Phi) is 4.79. The van der Waals surface area contributed by atoms with E-state index in [1.807, 2.05) is 54.3 Å². The summed E-state index contributed by atoms with van der Waals surface area (Å²) < 4.78 is 0. The summed E-state index contributed by atoms with van der Waals surface area (Å²) in [5.41, 5.74) is 2.03. The van der Waals surface area contributed by atoms with Crippen molar-refractivity contribution in [2.45, 2.75) is 13.3 Å². The minimum atomic E-state index is -0.250. The molecule has 27 heavy (non-hydrogen) atoms. The first-order chi connectivity index (χ1) is 13.1. The molecule has 2 saturated heterocycles. The Morgan fingerprint density at radius 3 is 2.44 bits per heavy atom. The zero-order valence-corrected chi connectivity index (χ0v) is 15.5. The molecule has 0 bridgehead atoms. The van der Waals surface area contributed by atoms with E-state index in [4.69, 9.17) is 0 Å². The fourth-order valence-corrected chi connectivity index (χ4v) is 3.80. The van der Waals surface area contributed by atoms with Gasteiger partial charge in [-0.3, -0.25) is 9.59 Å². The Morgan fingerprint density at radius 2 is 1.78 bits per heavy atom. The van der Waals surface area contributed by atoms with Crippen molar-refractivity contribution in [1.29, 1.82) is 0 Å². The molecule has 1 aromatic carbocycles. The number of hydrogen-bond donors (Lipinski definition) is 0. The van der Waals surface area contributed by atoms with Crippen LogP contribution in [0.15, 0.2) is 48.7 Å². The molecule has 1 atom stereocenters. The molecule has 1 aromatic heterocycles. The number of aryl methyl sites for hydroxylation is 1. The molecule has 3 heterocycles. The average molecular weight is 364 g/mol. The van der Waals surface area contributed by atoms with Crippen molar-refractivity contribution >= 4 is 23.3 Å². The molecular weight excluding hydrogens is 340 g/mol. The molecule has 2 aromatic rings. The van der Waals surface area contributed by atoms with E-state index in [1.54, 1.807) is 11.1 Å². The van der Waals surface area contributed by atoms with Crippen LogP contribution < -0.4 is 9.80 Å². The summed E-state index contributed by atoms with van der Waals surface area (Å²) in [6.45, 7) is 5.37. The molecule has 0 N–H and O–H groups in total. The summed E-state index contributed by atoms with van der Waals surface area (Å²) in [5.74, 6) is 0.828. The number of benzene rings is 1. The molecule has 0 saturated carbocycles. The Hall–Kier alpha value is -2.89. The number of amides is 2. The zero-order valence-electron chi connectivity index (χ0n) is 15.5. The first-order valence-corrected chi connectivity index (χ1v) is 9.43. The number of anilines is 2. The number of pyridine rings is 1. The Balaban J connectivity index is 1.36. The number of aromatic nitrogens is 1. The van der Waals surface area contributed by atoms with Gasteiger partial charge in [0.1, 0.15) is 5.82 Å². The van der Waals surface area contributed by atoms with Crippen molar-refractivity contribution in [2.75, 3.05) is 42.5 Å². The highest BCUT2D eigenvalue weighted by atomic mass is 16.2. The number of piperazine rings is 1. The molecule has 2 aliphatic rings.